The molecule has 6 heteroatoms. The van der Waals surface area contributed by atoms with E-state index in [1.165, 1.54) is 0 Å². The van der Waals surface area contributed by atoms with Gasteiger partial charge < -0.3 is 5.32 Å². The molecule has 4 rings (SSSR count). The van der Waals surface area contributed by atoms with E-state index in [9.17, 15) is 13.2 Å². The summed E-state index contributed by atoms with van der Waals surface area (Å²) in [6.07, 6.45) is 2.79. The Morgan fingerprint density at radius 2 is 1.80 bits per heavy atom. The molecule has 0 aromatic heterocycles. The number of nitrogens with zero attached hydrogens (tertiary/aromatic N) is 1. The van der Waals surface area contributed by atoms with Crippen LogP contribution in [0.3, 0.4) is 0 Å². The highest BCUT2D eigenvalue weighted by Gasteiger charge is 2.38. The number of nitrogens with one attached hydrogen (secondary N) is 1. The number of fused-ring (bicyclic) bond motifs is 1. The van der Waals surface area contributed by atoms with Gasteiger partial charge in [-0.05, 0) is 48.6 Å². The lowest BCUT2D eigenvalue weighted by Gasteiger charge is -2.24. The standard InChI is InChI=1S/C19H20N2O3S/c22-19-11-6-15-12-17(9-10-18(15)20-19)25(23,24)21(16-7-8-16)13-14-4-2-1-3-5-14/h1-5,9-10,12,16H,6-8,11,13H2,(H,20,22). The van der Waals surface area contributed by atoms with Crippen molar-refractivity contribution in [3.8, 4) is 0 Å². The normalized spacial score (nSPS) is 17.2. The first kappa shape index (κ1) is 16.3. The van der Waals surface area contributed by atoms with Crippen LogP contribution in [-0.2, 0) is 27.8 Å². The molecule has 2 aliphatic rings. The summed E-state index contributed by atoms with van der Waals surface area (Å²) in [5, 5.41) is 2.80. The van der Waals surface area contributed by atoms with Crippen molar-refractivity contribution in [2.24, 2.45) is 0 Å². The minimum atomic E-state index is -3.56. The molecule has 0 saturated heterocycles. The summed E-state index contributed by atoms with van der Waals surface area (Å²) in [6.45, 7) is 0.391. The number of rotatable bonds is 5. The van der Waals surface area contributed by atoms with E-state index in [4.69, 9.17) is 0 Å². The van der Waals surface area contributed by atoms with Crippen molar-refractivity contribution in [3.63, 3.8) is 0 Å². The van der Waals surface area contributed by atoms with Gasteiger partial charge in [-0.25, -0.2) is 8.42 Å². The number of hydrogen-bond donors (Lipinski definition) is 1. The molecule has 1 aliphatic carbocycles. The van der Waals surface area contributed by atoms with E-state index in [0.29, 0.717) is 24.3 Å². The maximum Gasteiger partial charge on any atom is 0.243 e. The van der Waals surface area contributed by atoms with Crippen molar-refractivity contribution >= 4 is 21.6 Å². The van der Waals surface area contributed by atoms with Crippen molar-refractivity contribution in [1.29, 1.82) is 0 Å². The fraction of sp³-hybridized carbons (Fsp3) is 0.316. The summed E-state index contributed by atoms with van der Waals surface area (Å²) in [6, 6.07) is 14.8. The van der Waals surface area contributed by atoms with E-state index in [1.54, 1.807) is 22.5 Å². The zero-order valence-electron chi connectivity index (χ0n) is 13.8. The molecule has 1 amide bonds. The summed E-state index contributed by atoms with van der Waals surface area (Å²) in [7, 11) is -3.56. The summed E-state index contributed by atoms with van der Waals surface area (Å²) < 4.78 is 28.0. The van der Waals surface area contributed by atoms with Crippen molar-refractivity contribution in [1.82, 2.24) is 4.31 Å². The van der Waals surface area contributed by atoms with Crippen LogP contribution in [0.25, 0.3) is 0 Å². The molecule has 0 bridgehead atoms. The predicted molar refractivity (Wildman–Crippen MR) is 95.6 cm³/mol. The van der Waals surface area contributed by atoms with Gasteiger partial charge in [0, 0.05) is 24.7 Å². The SMILES string of the molecule is O=C1CCc2cc(S(=O)(=O)N(Cc3ccccc3)C3CC3)ccc2N1. The van der Waals surface area contributed by atoms with Crippen molar-refractivity contribution < 1.29 is 13.2 Å². The Bertz CT molecular complexity index is 906. The predicted octanol–water partition coefficient (Wildman–Crippen LogP) is 2.92. The molecule has 0 spiro atoms. The van der Waals surface area contributed by atoms with Gasteiger partial charge in [-0.2, -0.15) is 4.31 Å². The van der Waals surface area contributed by atoms with E-state index < -0.39 is 10.0 Å². The molecular weight excluding hydrogens is 336 g/mol. The lowest BCUT2D eigenvalue weighted by molar-refractivity contribution is -0.116. The number of carbonyl (C=O) groups excluding carboxylic acids is 1. The lowest BCUT2D eigenvalue weighted by Crippen LogP contribution is -2.33. The average molecular weight is 356 g/mol. The topological polar surface area (TPSA) is 66.5 Å². The molecule has 1 heterocycles. The highest BCUT2D eigenvalue weighted by atomic mass is 32.2. The highest BCUT2D eigenvalue weighted by Crippen LogP contribution is 2.35. The first-order valence-electron chi connectivity index (χ1n) is 8.52. The third-order valence-corrected chi connectivity index (χ3v) is 6.61. The molecule has 0 radical (unpaired) electrons. The van der Waals surface area contributed by atoms with E-state index in [1.807, 2.05) is 30.3 Å². The zero-order chi connectivity index (χ0) is 17.4. The number of amides is 1. The molecule has 130 valence electrons. The van der Waals surface area contributed by atoms with Crippen LogP contribution in [0, 0.1) is 0 Å². The maximum atomic E-state index is 13.2. The Hall–Kier alpha value is -2.18. The molecule has 5 nitrogen and oxygen atoms in total. The molecule has 2 aromatic rings. The van der Waals surface area contributed by atoms with Crippen LogP contribution in [0.1, 0.15) is 30.4 Å². The van der Waals surface area contributed by atoms with Gasteiger partial charge in [0.2, 0.25) is 15.9 Å². The Balaban J connectivity index is 1.66. The van der Waals surface area contributed by atoms with E-state index >= 15 is 0 Å². The quantitative estimate of drug-likeness (QED) is 0.896. The number of anilines is 1. The van der Waals surface area contributed by atoms with E-state index in [-0.39, 0.29) is 11.9 Å². The highest BCUT2D eigenvalue weighted by molar-refractivity contribution is 7.89. The Kier molecular flexibility index (Phi) is 4.09. The third kappa shape index (κ3) is 3.32. The molecule has 25 heavy (non-hydrogen) atoms. The van der Waals surface area contributed by atoms with E-state index in [2.05, 4.69) is 5.32 Å². The summed E-state index contributed by atoms with van der Waals surface area (Å²) in [5.41, 5.74) is 2.59. The number of aryl methyl sites for hydroxylation is 1. The maximum absolute atomic E-state index is 13.2. The fourth-order valence-corrected chi connectivity index (χ4v) is 4.92. The summed E-state index contributed by atoms with van der Waals surface area (Å²) in [5.74, 6) is -0.0215. The molecule has 1 aliphatic heterocycles. The van der Waals surface area contributed by atoms with Gasteiger partial charge in [0.15, 0.2) is 0 Å². The van der Waals surface area contributed by atoms with Gasteiger partial charge in [-0.15, -0.1) is 0 Å². The minimum absolute atomic E-state index is 0.0215. The molecule has 1 fully saturated rings. The zero-order valence-corrected chi connectivity index (χ0v) is 14.6. The second kappa shape index (κ2) is 6.28. The largest absolute Gasteiger partial charge is 0.326 e. The van der Waals surface area contributed by atoms with Crippen LogP contribution < -0.4 is 5.32 Å². The van der Waals surface area contributed by atoms with Crippen molar-refractivity contribution in [2.45, 2.75) is 43.2 Å². The monoisotopic (exact) mass is 356 g/mol. The van der Waals surface area contributed by atoms with Crippen LogP contribution in [-0.4, -0.2) is 24.7 Å². The third-order valence-electron chi connectivity index (χ3n) is 4.71. The van der Waals surface area contributed by atoms with Crippen LogP contribution in [0.2, 0.25) is 0 Å². The number of hydrogen-bond acceptors (Lipinski definition) is 3. The van der Waals surface area contributed by atoms with Gasteiger partial charge in [-0.3, -0.25) is 4.79 Å². The summed E-state index contributed by atoms with van der Waals surface area (Å²) in [4.78, 5) is 11.8. The minimum Gasteiger partial charge on any atom is -0.326 e. The second-order valence-electron chi connectivity index (χ2n) is 6.63. The fourth-order valence-electron chi connectivity index (χ4n) is 3.19. The van der Waals surface area contributed by atoms with Gasteiger partial charge in [-0.1, -0.05) is 30.3 Å². The number of carbonyl (C=O) groups is 1. The molecular formula is C19H20N2O3S. The molecule has 0 unspecified atom stereocenters. The van der Waals surface area contributed by atoms with Gasteiger partial charge in [0.05, 0.1) is 4.90 Å². The summed E-state index contributed by atoms with van der Waals surface area (Å²) >= 11 is 0. The van der Waals surface area contributed by atoms with Crippen LogP contribution in [0.15, 0.2) is 53.4 Å². The van der Waals surface area contributed by atoms with Crippen molar-refractivity contribution in [2.75, 3.05) is 5.32 Å². The van der Waals surface area contributed by atoms with Gasteiger partial charge in [0.25, 0.3) is 0 Å². The lowest BCUT2D eigenvalue weighted by atomic mass is 10.0. The average Bonchev–Trinajstić information content (AvgIpc) is 3.44. The van der Waals surface area contributed by atoms with Crippen LogP contribution in [0.4, 0.5) is 5.69 Å². The number of benzene rings is 2. The van der Waals surface area contributed by atoms with E-state index in [0.717, 1.165) is 29.7 Å². The molecule has 1 saturated carbocycles. The molecule has 1 N–H and O–H groups in total. The Morgan fingerprint density at radius 3 is 2.52 bits per heavy atom. The van der Waals surface area contributed by atoms with Gasteiger partial charge in [0.1, 0.15) is 0 Å². The first-order chi connectivity index (χ1) is 12.0. The number of sulfonamides is 1. The van der Waals surface area contributed by atoms with Crippen LogP contribution in [0.5, 0.6) is 0 Å². The molecule has 0 atom stereocenters. The second-order valence-corrected chi connectivity index (χ2v) is 8.52. The van der Waals surface area contributed by atoms with Gasteiger partial charge >= 0.3 is 0 Å². The molecule has 2 aromatic carbocycles. The Morgan fingerprint density at radius 1 is 1.04 bits per heavy atom. The smallest absolute Gasteiger partial charge is 0.243 e. The first-order valence-corrected chi connectivity index (χ1v) is 9.96. The Labute approximate surface area is 147 Å². The van der Waals surface area contributed by atoms with Crippen LogP contribution >= 0.6 is 0 Å². The van der Waals surface area contributed by atoms with Crippen molar-refractivity contribution in [3.05, 3.63) is 59.7 Å².